The second-order valence-electron chi connectivity index (χ2n) is 6.04. The van der Waals surface area contributed by atoms with Crippen LogP contribution >= 0.6 is 0 Å². The summed E-state index contributed by atoms with van der Waals surface area (Å²) in [6, 6.07) is 15.6. The van der Waals surface area contributed by atoms with Crippen molar-refractivity contribution in [2.75, 3.05) is 7.11 Å². The number of carbonyl (C=O) groups excluding carboxylic acids is 2. The molecule has 1 heterocycles. The summed E-state index contributed by atoms with van der Waals surface area (Å²) in [4.78, 5) is 24.7. The summed E-state index contributed by atoms with van der Waals surface area (Å²) in [7, 11) is 1.56. The SMILES string of the molecule is COc1ccc(C(=O)[C@H](C)OC(=O)c2ccc(Cn3cccn3)cc2)cc1. The summed E-state index contributed by atoms with van der Waals surface area (Å²) in [6.07, 6.45) is 2.70. The molecule has 0 amide bonds. The second-order valence-corrected chi connectivity index (χ2v) is 6.04. The molecule has 6 nitrogen and oxygen atoms in total. The molecule has 0 fully saturated rings. The van der Waals surface area contributed by atoms with Crippen molar-refractivity contribution >= 4 is 11.8 Å². The van der Waals surface area contributed by atoms with Gasteiger partial charge in [0.2, 0.25) is 5.78 Å². The maximum absolute atomic E-state index is 12.4. The zero-order valence-corrected chi connectivity index (χ0v) is 15.2. The second kappa shape index (κ2) is 8.31. The standard InChI is InChI=1S/C21H20N2O4/c1-15(20(24)17-8-10-19(26-2)11-9-17)27-21(25)18-6-4-16(5-7-18)14-23-13-3-12-22-23/h3-13,15H,14H2,1-2H3/t15-/m0/s1. The number of benzene rings is 2. The minimum absolute atomic E-state index is 0.263. The van der Waals surface area contributed by atoms with E-state index in [9.17, 15) is 9.59 Å². The Morgan fingerprint density at radius 1 is 1.04 bits per heavy atom. The fourth-order valence-electron chi connectivity index (χ4n) is 2.60. The largest absolute Gasteiger partial charge is 0.497 e. The van der Waals surface area contributed by atoms with Crippen LogP contribution in [-0.2, 0) is 11.3 Å². The van der Waals surface area contributed by atoms with Crippen molar-refractivity contribution < 1.29 is 19.1 Å². The van der Waals surface area contributed by atoms with E-state index in [0.29, 0.717) is 23.4 Å². The predicted molar refractivity (Wildman–Crippen MR) is 100.0 cm³/mol. The monoisotopic (exact) mass is 364 g/mol. The molecule has 2 aromatic carbocycles. The summed E-state index contributed by atoms with van der Waals surface area (Å²) in [6.45, 7) is 2.19. The molecule has 3 aromatic rings. The lowest BCUT2D eigenvalue weighted by Gasteiger charge is -2.13. The van der Waals surface area contributed by atoms with E-state index in [2.05, 4.69) is 5.10 Å². The molecule has 138 valence electrons. The molecular weight excluding hydrogens is 344 g/mol. The summed E-state index contributed by atoms with van der Waals surface area (Å²) in [5, 5.41) is 4.15. The van der Waals surface area contributed by atoms with E-state index < -0.39 is 12.1 Å². The molecule has 0 N–H and O–H groups in total. The van der Waals surface area contributed by atoms with Gasteiger partial charge in [-0.05, 0) is 55.0 Å². The summed E-state index contributed by atoms with van der Waals surface area (Å²) < 4.78 is 12.2. The fraction of sp³-hybridized carbons (Fsp3) is 0.190. The quantitative estimate of drug-likeness (QED) is 0.475. The molecule has 0 saturated heterocycles. The lowest BCUT2D eigenvalue weighted by molar-refractivity contribution is 0.0319. The Labute approximate surface area is 157 Å². The predicted octanol–water partition coefficient (Wildman–Crippen LogP) is 3.37. The first-order chi connectivity index (χ1) is 13.1. The number of hydrogen-bond donors (Lipinski definition) is 0. The smallest absolute Gasteiger partial charge is 0.338 e. The van der Waals surface area contributed by atoms with Gasteiger partial charge in [-0.3, -0.25) is 9.48 Å². The van der Waals surface area contributed by atoms with E-state index in [1.54, 1.807) is 61.3 Å². The number of hydrogen-bond acceptors (Lipinski definition) is 5. The van der Waals surface area contributed by atoms with Crippen LogP contribution < -0.4 is 4.74 Å². The van der Waals surface area contributed by atoms with Crippen LogP contribution in [0.2, 0.25) is 0 Å². The average Bonchev–Trinajstić information content (AvgIpc) is 3.21. The van der Waals surface area contributed by atoms with Gasteiger partial charge in [-0.15, -0.1) is 0 Å². The highest BCUT2D eigenvalue weighted by molar-refractivity contribution is 6.01. The number of Topliss-reactive ketones (excluding diaryl/α,β-unsaturated/α-hetero) is 1. The minimum atomic E-state index is -0.880. The van der Waals surface area contributed by atoms with Crippen molar-refractivity contribution in [1.29, 1.82) is 0 Å². The van der Waals surface area contributed by atoms with E-state index in [-0.39, 0.29) is 5.78 Å². The topological polar surface area (TPSA) is 70.4 Å². The molecule has 27 heavy (non-hydrogen) atoms. The molecule has 6 heteroatoms. The third-order valence-electron chi connectivity index (χ3n) is 4.12. The van der Waals surface area contributed by atoms with E-state index in [4.69, 9.17) is 9.47 Å². The van der Waals surface area contributed by atoms with Crippen molar-refractivity contribution in [3.63, 3.8) is 0 Å². The minimum Gasteiger partial charge on any atom is -0.497 e. The highest BCUT2D eigenvalue weighted by Crippen LogP contribution is 2.15. The molecule has 0 aliphatic carbocycles. The molecule has 3 rings (SSSR count). The molecule has 1 aromatic heterocycles. The Kier molecular flexibility index (Phi) is 5.66. The summed E-state index contributed by atoms with van der Waals surface area (Å²) in [5.74, 6) is -0.136. The van der Waals surface area contributed by atoms with Gasteiger partial charge in [0.15, 0.2) is 6.10 Å². The number of methoxy groups -OCH3 is 1. The van der Waals surface area contributed by atoms with Gasteiger partial charge >= 0.3 is 5.97 Å². The van der Waals surface area contributed by atoms with Crippen LogP contribution in [-0.4, -0.2) is 34.7 Å². The van der Waals surface area contributed by atoms with Gasteiger partial charge in [-0.25, -0.2) is 4.79 Å². The van der Waals surface area contributed by atoms with Gasteiger partial charge in [0.05, 0.1) is 19.2 Å². The average molecular weight is 364 g/mol. The van der Waals surface area contributed by atoms with Crippen molar-refractivity contribution in [1.82, 2.24) is 9.78 Å². The van der Waals surface area contributed by atoms with Crippen LogP contribution in [0.25, 0.3) is 0 Å². The van der Waals surface area contributed by atoms with Crippen molar-refractivity contribution in [3.05, 3.63) is 83.7 Å². The number of nitrogens with zero attached hydrogens (tertiary/aromatic N) is 2. The first kappa shape index (κ1) is 18.4. The lowest BCUT2D eigenvalue weighted by Crippen LogP contribution is -2.24. The molecule has 0 bridgehead atoms. The van der Waals surface area contributed by atoms with Gasteiger partial charge in [0.1, 0.15) is 5.75 Å². The van der Waals surface area contributed by atoms with Gasteiger partial charge in [-0.1, -0.05) is 12.1 Å². The van der Waals surface area contributed by atoms with Crippen LogP contribution in [0.4, 0.5) is 0 Å². The third kappa shape index (κ3) is 4.61. The van der Waals surface area contributed by atoms with Crippen molar-refractivity contribution in [2.45, 2.75) is 19.6 Å². The Morgan fingerprint density at radius 3 is 2.30 bits per heavy atom. The Morgan fingerprint density at radius 2 is 1.70 bits per heavy atom. The van der Waals surface area contributed by atoms with E-state index in [0.717, 1.165) is 5.56 Å². The molecule has 0 aliphatic rings. The van der Waals surface area contributed by atoms with Crippen LogP contribution in [0.5, 0.6) is 5.75 Å². The summed E-state index contributed by atoms with van der Waals surface area (Å²) >= 11 is 0. The van der Waals surface area contributed by atoms with Gasteiger partial charge in [-0.2, -0.15) is 5.10 Å². The van der Waals surface area contributed by atoms with Crippen molar-refractivity contribution in [2.24, 2.45) is 0 Å². The van der Waals surface area contributed by atoms with E-state index >= 15 is 0 Å². The van der Waals surface area contributed by atoms with Crippen LogP contribution in [0.1, 0.15) is 33.2 Å². The third-order valence-corrected chi connectivity index (χ3v) is 4.12. The van der Waals surface area contributed by atoms with E-state index in [1.165, 1.54) is 0 Å². The molecule has 0 aliphatic heterocycles. The molecule has 1 atom stereocenters. The molecular formula is C21H20N2O4. The van der Waals surface area contributed by atoms with Gasteiger partial charge < -0.3 is 9.47 Å². The lowest BCUT2D eigenvalue weighted by atomic mass is 10.1. The maximum Gasteiger partial charge on any atom is 0.338 e. The zero-order chi connectivity index (χ0) is 19.2. The molecule has 0 radical (unpaired) electrons. The first-order valence-electron chi connectivity index (χ1n) is 8.52. The number of ether oxygens (including phenoxy) is 2. The van der Waals surface area contributed by atoms with Crippen molar-refractivity contribution in [3.8, 4) is 5.75 Å². The number of aromatic nitrogens is 2. The Bertz CT molecular complexity index is 900. The fourth-order valence-corrected chi connectivity index (χ4v) is 2.60. The van der Waals surface area contributed by atoms with Gasteiger partial charge in [0, 0.05) is 18.0 Å². The number of ketones is 1. The Hall–Kier alpha value is -3.41. The van der Waals surface area contributed by atoms with Crippen LogP contribution in [0.3, 0.4) is 0 Å². The maximum atomic E-state index is 12.4. The van der Waals surface area contributed by atoms with Gasteiger partial charge in [0.25, 0.3) is 0 Å². The Balaban J connectivity index is 1.60. The number of esters is 1. The van der Waals surface area contributed by atoms with Crippen LogP contribution in [0, 0.1) is 0 Å². The van der Waals surface area contributed by atoms with E-state index in [1.807, 2.05) is 24.4 Å². The number of carbonyl (C=O) groups is 2. The highest BCUT2D eigenvalue weighted by atomic mass is 16.5. The molecule has 0 unspecified atom stereocenters. The summed E-state index contributed by atoms with van der Waals surface area (Å²) in [5.41, 5.74) is 1.87. The molecule has 0 saturated carbocycles. The normalized spacial score (nSPS) is 11.6. The molecule has 0 spiro atoms. The first-order valence-corrected chi connectivity index (χ1v) is 8.52. The highest BCUT2D eigenvalue weighted by Gasteiger charge is 2.20. The van der Waals surface area contributed by atoms with Crippen LogP contribution in [0.15, 0.2) is 67.0 Å². The number of rotatable bonds is 7. The zero-order valence-electron chi connectivity index (χ0n) is 15.2.